The number of pyridine rings is 1. The Hall–Kier alpha value is -0.930. The van der Waals surface area contributed by atoms with Crippen LogP contribution in [0.3, 0.4) is 0 Å². The van der Waals surface area contributed by atoms with Gasteiger partial charge in [-0.3, -0.25) is 4.98 Å². The molecular formula is C12H20N2O. The zero-order valence-electron chi connectivity index (χ0n) is 9.64. The number of nitrogens with zero attached hydrogens (tertiary/aromatic N) is 1. The third-order valence-electron chi connectivity index (χ3n) is 2.67. The van der Waals surface area contributed by atoms with E-state index in [-0.39, 0.29) is 18.7 Å². The lowest BCUT2D eigenvalue weighted by molar-refractivity contribution is 0.201. The van der Waals surface area contributed by atoms with E-state index in [1.165, 1.54) is 5.56 Å². The first kappa shape index (κ1) is 12.1. The van der Waals surface area contributed by atoms with Crippen molar-refractivity contribution < 1.29 is 5.11 Å². The fourth-order valence-corrected chi connectivity index (χ4v) is 1.53. The zero-order valence-corrected chi connectivity index (χ0v) is 9.64. The predicted octanol–water partition coefficient (Wildman–Crippen LogP) is 1.75. The molecule has 1 aromatic rings. The second-order valence-corrected chi connectivity index (χ2v) is 4.20. The molecule has 0 radical (unpaired) electrons. The molecule has 0 spiro atoms. The zero-order chi connectivity index (χ0) is 11.3. The number of aliphatic hydroxyl groups excluding tert-OH is 1. The van der Waals surface area contributed by atoms with Crippen molar-refractivity contribution in [1.82, 2.24) is 10.3 Å². The molecule has 0 amide bonds. The van der Waals surface area contributed by atoms with Crippen molar-refractivity contribution in [3.63, 3.8) is 0 Å². The molecule has 15 heavy (non-hydrogen) atoms. The van der Waals surface area contributed by atoms with E-state index in [1.54, 1.807) is 12.4 Å². The van der Waals surface area contributed by atoms with Crippen LogP contribution in [0.5, 0.6) is 0 Å². The monoisotopic (exact) mass is 208 g/mol. The molecule has 2 atom stereocenters. The molecule has 0 saturated carbocycles. The van der Waals surface area contributed by atoms with Gasteiger partial charge in [0.25, 0.3) is 0 Å². The van der Waals surface area contributed by atoms with Gasteiger partial charge in [0.1, 0.15) is 0 Å². The van der Waals surface area contributed by atoms with E-state index in [0.29, 0.717) is 5.92 Å². The topological polar surface area (TPSA) is 45.1 Å². The van der Waals surface area contributed by atoms with Gasteiger partial charge in [-0.2, -0.15) is 0 Å². The van der Waals surface area contributed by atoms with E-state index in [4.69, 9.17) is 0 Å². The van der Waals surface area contributed by atoms with E-state index >= 15 is 0 Å². The molecule has 0 bridgehead atoms. The van der Waals surface area contributed by atoms with Crippen LogP contribution < -0.4 is 5.32 Å². The molecule has 0 aliphatic carbocycles. The van der Waals surface area contributed by atoms with Gasteiger partial charge in [0.2, 0.25) is 0 Å². The standard InChI is InChI=1S/C12H20N2O/c1-9(2)12(8-15)14-10(3)11-4-6-13-7-5-11/h4-7,9-10,12,14-15H,8H2,1-3H3/t10-,12+/m0/s1. The summed E-state index contributed by atoms with van der Waals surface area (Å²) < 4.78 is 0. The summed E-state index contributed by atoms with van der Waals surface area (Å²) in [7, 11) is 0. The van der Waals surface area contributed by atoms with Gasteiger partial charge in [-0.1, -0.05) is 13.8 Å². The molecule has 1 aromatic heterocycles. The van der Waals surface area contributed by atoms with Gasteiger partial charge in [-0.15, -0.1) is 0 Å². The minimum absolute atomic E-state index is 0.146. The summed E-state index contributed by atoms with van der Waals surface area (Å²) in [5, 5.41) is 12.6. The summed E-state index contributed by atoms with van der Waals surface area (Å²) in [6.07, 6.45) is 3.58. The molecule has 84 valence electrons. The van der Waals surface area contributed by atoms with Crippen LogP contribution in [0.25, 0.3) is 0 Å². The van der Waals surface area contributed by atoms with Gasteiger partial charge < -0.3 is 10.4 Å². The number of aliphatic hydroxyl groups is 1. The molecule has 2 N–H and O–H groups in total. The van der Waals surface area contributed by atoms with Crippen LogP contribution in [0.1, 0.15) is 32.4 Å². The van der Waals surface area contributed by atoms with E-state index < -0.39 is 0 Å². The number of aromatic nitrogens is 1. The van der Waals surface area contributed by atoms with Crippen molar-refractivity contribution in [3.05, 3.63) is 30.1 Å². The summed E-state index contributed by atoms with van der Waals surface area (Å²) in [5.74, 6) is 0.430. The Morgan fingerprint density at radius 3 is 2.33 bits per heavy atom. The summed E-state index contributed by atoms with van der Waals surface area (Å²) in [5.41, 5.74) is 1.20. The lowest BCUT2D eigenvalue weighted by atomic mass is 10.0. The predicted molar refractivity (Wildman–Crippen MR) is 61.5 cm³/mol. The number of nitrogens with one attached hydrogen (secondary N) is 1. The maximum absolute atomic E-state index is 9.22. The minimum atomic E-state index is 0.146. The lowest BCUT2D eigenvalue weighted by Crippen LogP contribution is -2.38. The summed E-state index contributed by atoms with van der Waals surface area (Å²) in [6, 6.07) is 4.37. The van der Waals surface area contributed by atoms with Gasteiger partial charge in [-0.25, -0.2) is 0 Å². The fraction of sp³-hybridized carbons (Fsp3) is 0.583. The average molecular weight is 208 g/mol. The molecule has 0 fully saturated rings. The maximum atomic E-state index is 9.22. The van der Waals surface area contributed by atoms with Crippen molar-refractivity contribution in [2.75, 3.05) is 6.61 Å². The Morgan fingerprint density at radius 1 is 1.27 bits per heavy atom. The highest BCUT2D eigenvalue weighted by Crippen LogP contribution is 2.13. The molecule has 0 aliphatic heterocycles. The van der Waals surface area contributed by atoms with Crippen molar-refractivity contribution in [1.29, 1.82) is 0 Å². The SMILES string of the molecule is CC(C)[C@@H](CO)N[C@@H](C)c1ccncc1. The van der Waals surface area contributed by atoms with Crippen LogP contribution in [0.15, 0.2) is 24.5 Å². The van der Waals surface area contributed by atoms with Crippen LogP contribution in [0, 0.1) is 5.92 Å². The molecule has 3 nitrogen and oxygen atoms in total. The van der Waals surface area contributed by atoms with Gasteiger partial charge in [-0.05, 0) is 30.5 Å². The first-order valence-electron chi connectivity index (χ1n) is 5.42. The Bertz CT molecular complexity index is 274. The minimum Gasteiger partial charge on any atom is -0.395 e. The summed E-state index contributed by atoms with van der Waals surface area (Å²) in [6.45, 7) is 6.48. The summed E-state index contributed by atoms with van der Waals surface area (Å²) in [4.78, 5) is 3.99. The molecular weight excluding hydrogens is 188 g/mol. The van der Waals surface area contributed by atoms with Crippen LogP contribution in [-0.4, -0.2) is 22.7 Å². The van der Waals surface area contributed by atoms with Crippen LogP contribution in [-0.2, 0) is 0 Å². The Kier molecular flexibility index (Phi) is 4.72. The van der Waals surface area contributed by atoms with Crippen molar-refractivity contribution in [3.8, 4) is 0 Å². The van der Waals surface area contributed by atoms with Crippen LogP contribution in [0.4, 0.5) is 0 Å². The quantitative estimate of drug-likeness (QED) is 0.775. The third kappa shape index (κ3) is 3.61. The molecule has 1 heterocycles. The first-order valence-corrected chi connectivity index (χ1v) is 5.42. The molecule has 1 rings (SSSR count). The van der Waals surface area contributed by atoms with E-state index in [0.717, 1.165) is 0 Å². The van der Waals surface area contributed by atoms with Crippen molar-refractivity contribution >= 4 is 0 Å². The van der Waals surface area contributed by atoms with Gasteiger partial charge in [0.05, 0.1) is 6.61 Å². The van der Waals surface area contributed by atoms with Gasteiger partial charge in [0, 0.05) is 24.5 Å². The van der Waals surface area contributed by atoms with Crippen LogP contribution >= 0.6 is 0 Å². The Morgan fingerprint density at radius 2 is 1.87 bits per heavy atom. The van der Waals surface area contributed by atoms with Gasteiger partial charge in [0.15, 0.2) is 0 Å². The Balaban J connectivity index is 2.58. The molecule has 0 unspecified atom stereocenters. The maximum Gasteiger partial charge on any atom is 0.0587 e. The normalized spacial score (nSPS) is 15.3. The van der Waals surface area contributed by atoms with E-state index in [2.05, 4.69) is 31.1 Å². The molecule has 3 heteroatoms. The fourth-order valence-electron chi connectivity index (χ4n) is 1.53. The second kappa shape index (κ2) is 5.83. The molecule has 0 aliphatic rings. The number of rotatable bonds is 5. The number of hydrogen-bond acceptors (Lipinski definition) is 3. The van der Waals surface area contributed by atoms with Crippen molar-refractivity contribution in [2.24, 2.45) is 5.92 Å². The highest BCUT2D eigenvalue weighted by Gasteiger charge is 2.15. The van der Waals surface area contributed by atoms with Crippen molar-refractivity contribution in [2.45, 2.75) is 32.9 Å². The van der Waals surface area contributed by atoms with Gasteiger partial charge >= 0.3 is 0 Å². The molecule has 0 aromatic carbocycles. The average Bonchev–Trinajstić information content (AvgIpc) is 2.26. The largest absolute Gasteiger partial charge is 0.395 e. The first-order chi connectivity index (χ1) is 7.15. The van der Waals surface area contributed by atoms with Crippen LogP contribution in [0.2, 0.25) is 0 Å². The van der Waals surface area contributed by atoms with E-state index in [9.17, 15) is 5.11 Å². The van der Waals surface area contributed by atoms with E-state index in [1.807, 2.05) is 12.1 Å². The Labute approximate surface area is 91.5 Å². The lowest BCUT2D eigenvalue weighted by Gasteiger charge is -2.24. The smallest absolute Gasteiger partial charge is 0.0587 e. The second-order valence-electron chi connectivity index (χ2n) is 4.20. The highest BCUT2D eigenvalue weighted by atomic mass is 16.3. The number of hydrogen-bond donors (Lipinski definition) is 2. The third-order valence-corrected chi connectivity index (χ3v) is 2.67. The summed E-state index contributed by atoms with van der Waals surface area (Å²) >= 11 is 0. The highest BCUT2D eigenvalue weighted by molar-refractivity contribution is 5.14. The molecule has 0 saturated heterocycles.